The molecule has 0 bridgehead atoms. The van der Waals surface area contributed by atoms with Crippen molar-refractivity contribution in [2.24, 2.45) is 7.05 Å². The van der Waals surface area contributed by atoms with Gasteiger partial charge in [0.1, 0.15) is 22.1 Å². The van der Waals surface area contributed by atoms with Crippen LogP contribution in [0.5, 0.6) is 11.6 Å². The van der Waals surface area contributed by atoms with Crippen molar-refractivity contribution in [1.29, 1.82) is 0 Å². The molecule has 10 nitrogen and oxygen atoms in total. The average molecular weight is 422 g/mol. The lowest BCUT2D eigenvalue weighted by Crippen LogP contribution is -2.03. The molecule has 0 atom stereocenters. The summed E-state index contributed by atoms with van der Waals surface area (Å²) >= 11 is 6.25. The smallest absolute Gasteiger partial charge is 0.233 e. The summed E-state index contributed by atoms with van der Waals surface area (Å²) in [5.74, 6) is 1.35. The number of H-pyrrole nitrogens is 1. The molecule has 0 aliphatic rings. The van der Waals surface area contributed by atoms with Crippen LogP contribution in [0.2, 0.25) is 5.15 Å². The SMILES string of the molecule is Cc1ccc2[nH]ncc2c1Oc1nc(Cl)cc2nc(Nc3cnn(C)c3)nc(N)c12. The highest BCUT2D eigenvalue weighted by Crippen LogP contribution is 2.37. The second kappa shape index (κ2) is 6.85. The quantitative estimate of drug-likeness (QED) is 0.374. The van der Waals surface area contributed by atoms with Crippen LogP contribution >= 0.6 is 11.6 Å². The summed E-state index contributed by atoms with van der Waals surface area (Å²) in [6.07, 6.45) is 5.15. The van der Waals surface area contributed by atoms with E-state index in [0.717, 1.165) is 22.2 Å². The summed E-state index contributed by atoms with van der Waals surface area (Å²) in [4.78, 5) is 13.2. The van der Waals surface area contributed by atoms with Crippen molar-refractivity contribution < 1.29 is 4.74 Å². The molecule has 0 saturated heterocycles. The van der Waals surface area contributed by atoms with Gasteiger partial charge < -0.3 is 15.8 Å². The van der Waals surface area contributed by atoms with Crippen LogP contribution in [-0.2, 0) is 7.05 Å². The highest BCUT2D eigenvalue weighted by atomic mass is 35.5. The Balaban J connectivity index is 1.62. The third kappa shape index (κ3) is 3.12. The Kier molecular flexibility index (Phi) is 4.14. The van der Waals surface area contributed by atoms with Gasteiger partial charge in [-0.15, -0.1) is 0 Å². The van der Waals surface area contributed by atoms with Gasteiger partial charge >= 0.3 is 0 Å². The molecule has 0 aliphatic heterocycles. The first-order valence-electron chi connectivity index (χ1n) is 8.98. The number of anilines is 3. The Labute approximate surface area is 175 Å². The van der Waals surface area contributed by atoms with E-state index in [0.29, 0.717) is 22.6 Å². The number of aryl methyl sites for hydroxylation is 2. The number of fused-ring (bicyclic) bond motifs is 2. The fourth-order valence-corrected chi connectivity index (χ4v) is 3.38. The molecule has 0 fully saturated rings. The number of pyridine rings is 1. The predicted molar refractivity (Wildman–Crippen MR) is 114 cm³/mol. The van der Waals surface area contributed by atoms with Crippen molar-refractivity contribution in [2.45, 2.75) is 6.92 Å². The minimum Gasteiger partial charge on any atom is -0.437 e. The van der Waals surface area contributed by atoms with Crippen molar-refractivity contribution in [3.05, 3.63) is 47.5 Å². The number of aromatic amines is 1. The van der Waals surface area contributed by atoms with E-state index >= 15 is 0 Å². The summed E-state index contributed by atoms with van der Waals surface area (Å²) in [5, 5.41) is 15.7. The molecule has 0 amide bonds. The van der Waals surface area contributed by atoms with Crippen LogP contribution in [0, 0.1) is 6.92 Å². The van der Waals surface area contributed by atoms with E-state index in [2.05, 4.69) is 35.6 Å². The number of hydrogen-bond donors (Lipinski definition) is 3. The van der Waals surface area contributed by atoms with Gasteiger partial charge in [-0.2, -0.15) is 15.2 Å². The topological polar surface area (TPSA) is 132 Å². The molecule has 4 heterocycles. The number of nitrogens with two attached hydrogens (primary N) is 1. The van der Waals surface area contributed by atoms with Crippen LogP contribution in [0.1, 0.15) is 5.56 Å². The maximum absolute atomic E-state index is 6.26. The molecular weight excluding hydrogens is 406 g/mol. The highest BCUT2D eigenvalue weighted by Gasteiger charge is 2.17. The Hall–Kier alpha value is -3.92. The van der Waals surface area contributed by atoms with Gasteiger partial charge in [-0.25, -0.2) is 9.97 Å². The predicted octanol–water partition coefficient (Wildman–Crippen LogP) is 3.71. The summed E-state index contributed by atoms with van der Waals surface area (Å²) in [7, 11) is 1.82. The van der Waals surface area contributed by atoms with Gasteiger partial charge in [-0.3, -0.25) is 9.78 Å². The number of aromatic nitrogens is 7. The van der Waals surface area contributed by atoms with E-state index in [1.54, 1.807) is 29.3 Å². The Morgan fingerprint density at radius 2 is 2.07 bits per heavy atom. The second-order valence-corrected chi connectivity index (χ2v) is 7.14. The summed E-state index contributed by atoms with van der Waals surface area (Å²) in [6, 6.07) is 5.47. The first-order valence-corrected chi connectivity index (χ1v) is 9.35. The minimum atomic E-state index is 0.211. The summed E-state index contributed by atoms with van der Waals surface area (Å²) in [6.45, 7) is 1.93. The van der Waals surface area contributed by atoms with Gasteiger partial charge in [-0.05, 0) is 18.6 Å². The van der Waals surface area contributed by atoms with Crippen molar-refractivity contribution in [1.82, 2.24) is 34.9 Å². The monoisotopic (exact) mass is 421 g/mol. The number of halogens is 1. The van der Waals surface area contributed by atoms with Crippen molar-refractivity contribution in [3.63, 3.8) is 0 Å². The lowest BCUT2D eigenvalue weighted by molar-refractivity contribution is 0.471. The lowest BCUT2D eigenvalue weighted by atomic mass is 10.1. The molecule has 0 unspecified atom stereocenters. The van der Waals surface area contributed by atoms with Crippen LogP contribution in [0.4, 0.5) is 17.5 Å². The molecule has 0 radical (unpaired) electrons. The van der Waals surface area contributed by atoms with Gasteiger partial charge in [-0.1, -0.05) is 17.7 Å². The molecule has 0 saturated carbocycles. The number of ether oxygens (including phenoxy) is 1. The fraction of sp³-hybridized carbons (Fsp3) is 0.105. The normalized spacial score (nSPS) is 11.3. The van der Waals surface area contributed by atoms with Crippen molar-refractivity contribution >= 4 is 50.9 Å². The van der Waals surface area contributed by atoms with Gasteiger partial charge in [0.05, 0.1) is 34.5 Å². The zero-order valence-electron chi connectivity index (χ0n) is 16.0. The second-order valence-electron chi connectivity index (χ2n) is 6.75. The van der Waals surface area contributed by atoms with Crippen LogP contribution in [-0.4, -0.2) is 34.9 Å². The van der Waals surface area contributed by atoms with E-state index in [1.165, 1.54) is 0 Å². The molecule has 11 heteroatoms. The van der Waals surface area contributed by atoms with E-state index in [-0.39, 0.29) is 16.9 Å². The molecular formula is C19H16ClN9O. The molecule has 5 aromatic rings. The number of nitrogen functional groups attached to an aromatic ring is 1. The fourth-order valence-electron chi connectivity index (χ4n) is 3.20. The third-order valence-electron chi connectivity index (χ3n) is 4.57. The summed E-state index contributed by atoms with van der Waals surface area (Å²) < 4.78 is 7.83. The number of hydrogen-bond acceptors (Lipinski definition) is 8. The van der Waals surface area contributed by atoms with E-state index < -0.39 is 0 Å². The molecule has 0 spiro atoms. The van der Waals surface area contributed by atoms with Crippen LogP contribution in [0.3, 0.4) is 0 Å². The van der Waals surface area contributed by atoms with Crippen LogP contribution < -0.4 is 15.8 Å². The van der Waals surface area contributed by atoms with Crippen molar-refractivity contribution in [3.8, 4) is 11.6 Å². The largest absolute Gasteiger partial charge is 0.437 e. The Morgan fingerprint density at radius 1 is 1.20 bits per heavy atom. The highest BCUT2D eigenvalue weighted by molar-refractivity contribution is 6.30. The standard InChI is InChI=1S/C19H16ClN9O/c1-9-3-4-12-11(7-22-28-12)16(9)30-18-15-13(5-14(20)26-18)25-19(27-17(15)21)24-10-6-23-29(2)8-10/h3-8H,1-2H3,(H,22,28)(H3,21,24,25,27). The van der Waals surface area contributed by atoms with Crippen molar-refractivity contribution in [2.75, 3.05) is 11.1 Å². The van der Waals surface area contributed by atoms with Gasteiger partial charge in [0.2, 0.25) is 11.8 Å². The molecule has 150 valence electrons. The third-order valence-corrected chi connectivity index (χ3v) is 4.77. The lowest BCUT2D eigenvalue weighted by Gasteiger charge is -2.13. The van der Waals surface area contributed by atoms with Crippen LogP contribution in [0.15, 0.2) is 36.8 Å². The van der Waals surface area contributed by atoms with Gasteiger partial charge in [0, 0.05) is 19.3 Å². The Morgan fingerprint density at radius 3 is 2.87 bits per heavy atom. The van der Waals surface area contributed by atoms with E-state index in [4.69, 9.17) is 22.1 Å². The minimum absolute atomic E-state index is 0.211. The molecule has 5 rings (SSSR count). The van der Waals surface area contributed by atoms with Gasteiger partial charge in [0.25, 0.3) is 0 Å². The summed E-state index contributed by atoms with van der Waals surface area (Å²) in [5.41, 5.74) is 9.24. The number of rotatable bonds is 4. The van der Waals surface area contributed by atoms with Crippen LogP contribution in [0.25, 0.3) is 21.8 Å². The molecule has 0 aliphatic carbocycles. The Bertz CT molecular complexity index is 1410. The average Bonchev–Trinajstić information content (AvgIpc) is 3.32. The van der Waals surface area contributed by atoms with E-state index in [1.807, 2.05) is 26.1 Å². The molecule has 4 N–H and O–H groups in total. The maximum Gasteiger partial charge on any atom is 0.233 e. The first-order chi connectivity index (χ1) is 14.5. The molecule has 4 aromatic heterocycles. The number of nitrogens with zero attached hydrogens (tertiary/aromatic N) is 6. The number of nitrogens with one attached hydrogen (secondary N) is 2. The van der Waals surface area contributed by atoms with Gasteiger partial charge in [0.15, 0.2) is 0 Å². The molecule has 1 aromatic carbocycles. The zero-order valence-corrected chi connectivity index (χ0v) is 16.8. The number of benzene rings is 1. The molecule has 30 heavy (non-hydrogen) atoms. The van der Waals surface area contributed by atoms with E-state index in [9.17, 15) is 0 Å². The first kappa shape index (κ1) is 18.1. The zero-order chi connectivity index (χ0) is 20.8. The maximum atomic E-state index is 6.26.